The fourth-order valence-electron chi connectivity index (χ4n) is 1.90. The highest BCUT2D eigenvalue weighted by atomic mass is 16.4. The molecule has 3 heteroatoms. The van der Waals surface area contributed by atoms with Crippen LogP contribution in [0, 0.1) is 5.92 Å². The smallest absolute Gasteiger partial charge is 0.303 e. The van der Waals surface area contributed by atoms with E-state index in [1.807, 2.05) is 0 Å². The van der Waals surface area contributed by atoms with Gasteiger partial charge in [0.2, 0.25) is 0 Å². The third-order valence-corrected chi connectivity index (χ3v) is 3.16. The maximum atomic E-state index is 10.3. The van der Waals surface area contributed by atoms with Gasteiger partial charge in [-0.25, -0.2) is 0 Å². The van der Waals surface area contributed by atoms with Gasteiger partial charge in [-0.05, 0) is 25.3 Å². The van der Waals surface area contributed by atoms with Gasteiger partial charge in [-0.3, -0.25) is 4.79 Å². The number of carboxylic acids is 1. The second-order valence-corrected chi connectivity index (χ2v) is 4.56. The van der Waals surface area contributed by atoms with E-state index < -0.39 is 5.97 Å². The lowest BCUT2D eigenvalue weighted by Crippen LogP contribution is -2.13. The van der Waals surface area contributed by atoms with Gasteiger partial charge >= 0.3 is 5.97 Å². The monoisotopic (exact) mass is 229 g/mol. The van der Waals surface area contributed by atoms with Gasteiger partial charge in [-0.15, -0.1) is 0 Å². The van der Waals surface area contributed by atoms with E-state index in [9.17, 15) is 4.79 Å². The summed E-state index contributed by atoms with van der Waals surface area (Å²) < 4.78 is 0. The fraction of sp³-hybridized carbons (Fsp3) is 0.923. The molecule has 0 aromatic rings. The summed E-state index contributed by atoms with van der Waals surface area (Å²) in [6, 6.07) is 0. The number of unbranched alkanes of at least 4 members (excludes halogenated alkanes) is 5. The van der Waals surface area contributed by atoms with Gasteiger partial charge in [-0.1, -0.05) is 45.4 Å². The molecule has 0 heterocycles. The highest BCUT2D eigenvalue weighted by Gasteiger charge is 2.02. The minimum atomic E-state index is -0.672. The molecule has 1 unspecified atom stereocenters. The Kier molecular flexibility index (Phi) is 10.5. The average Bonchev–Trinajstić information content (AvgIpc) is 2.27. The first-order valence-electron chi connectivity index (χ1n) is 6.62. The average molecular weight is 229 g/mol. The molecule has 0 radical (unpaired) electrons. The Morgan fingerprint density at radius 3 is 2.19 bits per heavy atom. The topological polar surface area (TPSA) is 63.3 Å². The van der Waals surface area contributed by atoms with Crippen molar-refractivity contribution in [2.45, 2.75) is 64.7 Å². The van der Waals surface area contributed by atoms with Gasteiger partial charge in [0.05, 0.1) is 0 Å². The van der Waals surface area contributed by atoms with Crippen molar-refractivity contribution in [3.05, 3.63) is 0 Å². The highest BCUT2D eigenvalue weighted by molar-refractivity contribution is 5.66. The molecule has 16 heavy (non-hydrogen) atoms. The van der Waals surface area contributed by atoms with E-state index >= 15 is 0 Å². The zero-order valence-corrected chi connectivity index (χ0v) is 10.6. The molecule has 0 aliphatic heterocycles. The van der Waals surface area contributed by atoms with Crippen LogP contribution in [-0.4, -0.2) is 17.6 Å². The van der Waals surface area contributed by atoms with Crippen LogP contribution in [0.1, 0.15) is 64.7 Å². The van der Waals surface area contributed by atoms with Gasteiger partial charge in [0, 0.05) is 6.42 Å². The number of aliphatic carboxylic acids is 1. The molecule has 0 aliphatic carbocycles. The van der Waals surface area contributed by atoms with Crippen LogP contribution in [0.25, 0.3) is 0 Å². The molecular weight excluding hydrogens is 202 g/mol. The molecule has 0 spiro atoms. The number of carboxylic acid groups (broad SMARTS) is 1. The van der Waals surface area contributed by atoms with E-state index in [4.69, 9.17) is 10.8 Å². The van der Waals surface area contributed by atoms with Gasteiger partial charge in [0.15, 0.2) is 0 Å². The zero-order chi connectivity index (χ0) is 12.2. The van der Waals surface area contributed by atoms with E-state index in [-0.39, 0.29) is 0 Å². The Morgan fingerprint density at radius 1 is 1.12 bits per heavy atom. The molecule has 3 N–H and O–H groups in total. The van der Waals surface area contributed by atoms with E-state index in [2.05, 4.69) is 6.92 Å². The van der Waals surface area contributed by atoms with Gasteiger partial charge in [-0.2, -0.15) is 0 Å². The third kappa shape index (κ3) is 9.97. The summed E-state index contributed by atoms with van der Waals surface area (Å²) in [4.78, 5) is 10.3. The zero-order valence-electron chi connectivity index (χ0n) is 10.6. The van der Waals surface area contributed by atoms with Gasteiger partial charge in [0.25, 0.3) is 0 Å². The normalized spacial score (nSPS) is 12.6. The molecule has 0 aromatic carbocycles. The molecule has 0 fully saturated rings. The Morgan fingerprint density at radius 2 is 1.69 bits per heavy atom. The predicted molar refractivity (Wildman–Crippen MR) is 67.4 cm³/mol. The summed E-state index contributed by atoms with van der Waals surface area (Å²) in [6.45, 7) is 3.01. The van der Waals surface area contributed by atoms with Crippen LogP contribution in [0.4, 0.5) is 0 Å². The predicted octanol–water partition coefficient (Wildman–Crippen LogP) is 3.18. The second kappa shape index (κ2) is 10.9. The lowest BCUT2D eigenvalue weighted by Gasteiger charge is -2.11. The first kappa shape index (κ1) is 15.4. The van der Waals surface area contributed by atoms with Crippen LogP contribution in [0.15, 0.2) is 0 Å². The van der Waals surface area contributed by atoms with Crippen molar-refractivity contribution < 1.29 is 9.90 Å². The van der Waals surface area contributed by atoms with Crippen LogP contribution in [0.2, 0.25) is 0 Å². The van der Waals surface area contributed by atoms with E-state index in [0.717, 1.165) is 19.4 Å². The summed E-state index contributed by atoms with van der Waals surface area (Å²) in [6.07, 6.45) is 9.60. The Labute approximate surface area is 99.4 Å². The van der Waals surface area contributed by atoms with Crippen molar-refractivity contribution in [2.75, 3.05) is 6.54 Å². The summed E-state index contributed by atoms with van der Waals surface area (Å²) >= 11 is 0. The SMILES string of the molecule is CCC(CN)CCCCCCCCC(=O)O. The Balaban J connectivity index is 3.12. The lowest BCUT2D eigenvalue weighted by atomic mass is 9.98. The second-order valence-electron chi connectivity index (χ2n) is 4.56. The minimum absolute atomic E-state index is 0.324. The van der Waals surface area contributed by atoms with Crippen LogP contribution in [0.3, 0.4) is 0 Å². The van der Waals surface area contributed by atoms with Crippen LogP contribution in [0.5, 0.6) is 0 Å². The fourth-order valence-corrected chi connectivity index (χ4v) is 1.90. The number of nitrogens with two attached hydrogens (primary N) is 1. The van der Waals surface area contributed by atoms with Crippen LogP contribution < -0.4 is 5.73 Å². The number of carbonyl (C=O) groups is 1. The molecule has 0 amide bonds. The lowest BCUT2D eigenvalue weighted by molar-refractivity contribution is -0.137. The molecule has 0 rings (SSSR count). The Hall–Kier alpha value is -0.570. The number of rotatable bonds is 11. The molecule has 0 saturated carbocycles. The Bertz CT molecular complexity index is 167. The van der Waals surface area contributed by atoms with Crippen molar-refractivity contribution in [1.29, 1.82) is 0 Å². The van der Waals surface area contributed by atoms with Crippen molar-refractivity contribution >= 4 is 5.97 Å². The molecule has 0 saturated heterocycles. The summed E-state index contributed by atoms with van der Waals surface area (Å²) in [5.74, 6) is 0.0285. The quantitative estimate of drug-likeness (QED) is 0.535. The van der Waals surface area contributed by atoms with Crippen molar-refractivity contribution in [3.8, 4) is 0 Å². The summed E-state index contributed by atoms with van der Waals surface area (Å²) in [5, 5.41) is 8.46. The summed E-state index contributed by atoms with van der Waals surface area (Å²) in [7, 11) is 0. The molecule has 0 bridgehead atoms. The maximum Gasteiger partial charge on any atom is 0.303 e. The standard InChI is InChI=1S/C13H27NO2/c1-2-12(11-14)9-7-5-3-4-6-8-10-13(15)16/h12H,2-11,14H2,1H3,(H,15,16). The summed E-state index contributed by atoms with van der Waals surface area (Å²) in [5.41, 5.74) is 5.64. The van der Waals surface area contributed by atoms with E-state index in [1.54, 1.807) is 0 Å². The third-order valence-electron chi connectivity index (χ3n) is 3.16. The van der Waals surface area contributed by atoms with Gasteiger partial charge < -0.3 is 10.8 Å². The number of hydrogen-bond donors (Lipinski definition) is 2. The molecule has 3 nitrogen and oxygen atoms in total. The van der Waals surface area contributed by atoms with E-state index in [1.165, 1.54) is 38.5 Å². The van der Waals surface area contributed by atoms with Crippen molar-refractivity contribution in [3.63, 3.8) is 0 Å². The molecule has 96 valence electrons. The number of hydrogen-bond acceptors (Lipinski definition) is 2. The van der Waals surface area contributed by atoms with Gasteiger partial charge in [0.1, 0.15) is 0 Å². The molecule has 0 aromatic heterocycles. The molecule has 0 aliphatic rings. The maximum absolute atomic E-state index is 10.3. The minimum Gasteiger partial charge on any atom is -0.481 e. The van der Waals surface area contributed by atoms with Crippen molar-refractivity contribution in [1.82, 2.24) is 0 Å². The highest BCUT2D eigenvalue weighted by Crippen LogP contribution is 2.14. The first-order valence-corrected chi connectivity index (χ1v) is 6.62. The van der Waals surface area contributed by atoms with Crippen LogP contribution in [-0.2, 0) is 4.79 Å². The van der Waals surface area contributed by atoms with E-state index in [0.29, 0.717) is 12.3 Å². The molecule has 1 atom stereocenters. The van der Waals surface area contributed by atoms with Crippen LogP contribution >= 0.6 is 0 Å². The molecular formula is C13H27NO2. The largest absolute Gasteiger partial charge is 0.481 e. The first-order chi connectivity index (χ1) is 7.70. The van der Waals surface area contributed by atoms with Crippen molar-refractivity contribution in [2.24, 2.45) is 11.7 Å².